The van der Waals surface area contributed by atoms with Gasteiger partial charge in [0.2, 0.25) is 0 Å². The monoisotopic (exact) mass is 358 g/mol. The maximum absolute atomic E-state index is 15.4. The predicted molar refractivity (Wildman–Crippen MR) is 103 cm³/mol. The lowest BCUT2D eigenvalue weighted by Crippen LogP contribution is -2.48. The van der Waals surface area contributed by atoms with E-state index in [1.807, 2.05) is 39.1 Å². The van der Waals surface area contributed by atoms with Gasteiger partial charge >= 0.3 is 6.09 Å². The first kappa shape index (κ1) is 18.5. The minimum Gasteiger partial charge on any atom is -0.465 e. The number of nitrogens with one attached hydrogen (secondary N) is 1. The molecule has 3 rings (SSSR count). The van der Waals surface area contributed by atoms with Crippen molar-refractivity contribution in [1.82, 2.24) is 9.88 Å². The molecule has 0 aliphatic carbocycles. The molecule has 1 aromatic heterocycles. The molecule has 2 aromatic rings. The maximum Gasteiger partial charge on any atom is 0.407 e. The van der Waals surface area contributed by atoms with Gasteiger partial charge in [-0.3, -0.25) is 0 Å². The fraction of sp³-hybridized carbons (Fsp3) is 0.476. The first-order valence-electron chi connectivity index (χ1n) is 9.09. The Labute approximate surface area is 153 Å². The average molecular weight is 358 g/mol. The van der Waals surface area contributed by atoms with Gasteiger partial charge in [0, 0.05) is 35.2 Å². The van der Waals surface area contributed by atoms with Crippen molar-refractivity contribution in [1.29, 1.82) is 0 Å². The number of carboxylic acid groups (broad SMARTS) is 1. The molecule has 0 spiro atoms. The molecule has 1 aromatic carbocycles. The summed E-state index contributed by atoms with van der Waals surface area (Å²) in [6, 6.07) is 3.53. The summed E-state index contributed by atoms with van der Waals surface area (Å²) in [5, 5.41) is 10.2. The van der Waals surface area contributed by atoms with Gasteiger partial charge in [0.1, 0.15) is 5.82 Å². The minimum atomic E-state index is -0.927. The molecule has 0 bridgehead atoms. The lowest BCUT2D eigenvalue weighted by Gasteiger charge is -2.41. The molecule has 1 aliphatic rings. The molecule has 0 saturated heterocycles. The van der Waals surface area contributed by atoms with E-state index in [2.05, 4.69) is 18.8 Å². The van der Waals surface area contributed by atoms with Crippen molar-refractivity contribution < 1.29 is 14.3 Å². The number of rotatable bonds is 2. The zero-order valence-corrected chi connectivity index (χ0v) is 16.1. The van der Waals surface area contributed by atoms with Crippen LogP contribution in [-0.2, 0) is 0 Å². The fourth-order valence-electron chi connectivity index (χ4n) is 3.85. The van der Waals surface area contributed by atoms with Crippen molar-refractivity contribution in [3.63, 3.8) is 0 Å². The molecule has 1 aliphatic heterocycles. The van der Waals surface area contributed by atoms with Gasteiger partial charge in [-0.05, 0) is 41.0 Å². The molecular weight excluding hydrogens is 331 g/mol. The van der Waals surface area contributed by atoms with Crippen molar-refractivity contribution >= 4 is 22.6 Å². The molecule has 5 heteroatoms. The molecule has 2 N–H and O–H groups in total. The van der Waals surface area contributed by atoms with Gasteiger partial charge in [0.25, 0.3) is 0 Å². The molecule has 26 heavy (non-hydrogen) atoms. The molecule has 2 heterocycles. The number of carbonyl (C=O) groups is 1. The average Bonchev–Trinajstić information content (AvgIpc) is 2.99. The third kappa shape index (κ3) is 3.11. The van der Waals surface area contributed by atoms with Gasteiger partial charge in [0.15, 0.2) is 0 Å². The lowest BCUT2D eigenvalue weighted by atomic mass is 9.78. The van der Waals surface area contributed by atoms with E-state index in [4.69, 9.17) is 0 Å². The van der Waals surface area contributed by atoms with Crippen molar-refractivity contribution in [2.24, 2.45) is 5.41 Å². The first-order chi connectivity index (χ1) is 12.1. The van der Waals surface area contributed by atoms with Crippen LogP contribution in [0, 0.1) is 11.2 Å². The van der Waals surface area contributed by atoms with E-state index in [1.165, 1.54) is 4.90 Å². The largest absolute Gasteiger partial charge is 0.465 e. The molecular formula is C21H27FN2O2. The molecule has 1 unspecified atom stereocenters. The predicted octanol–water partition coefficient (Wildman–Crippen LogP) is 5.61. The summed E-state index contributed by atoms with van der Waals surface area (Å²) in [6.07, 6.45) is 3.31. The van der Waals surface area contributed by atoms with Crippen molar-refractivity contribution in [3.8, 4) is 0 Å². The van der Waals surface area contributed by atoms with Gasteiger partial charge in [-0.2, -0.15) is 0 Å². The second kappa shape index (κ2) is 6.45. The highest BCUT2D eigenvalue weighted by Crippen LogP contribution is 2.38. The Morgan fingerprint density at radius 1 is 1.35 bits per heavy atom. The summed E-state index contributed by atoms with van der Waals surface area (Å²) in [7, 11) is 0. The van der Waals surface area contributed by atoms with E-state index in [0.29, 0.717) is 17.4 Å². The number of amides is 1. The molecule has 0 saturated carbocycles. The Morgan fingerprint density at radius 2 is 2.04 bits per heavy atom. The van der Waals surface area contributed by atoms with Crippen LogP contribution in [0.1, 0.15) is 58.1 Å². The van der Waals surface area contributed by atoms with Crippen LogP contribution in [0.5, 0.6) is 0 Å². The zero-order chi connectivity index (χ0) is 19.2. The highest BCUT2D eigenvalue weighted by Gasteiger charge is 2.36. The fourth-order valence-corrected chi connectivity index (χ4v) is 3.85. The van der Waals surface area contributed by atoms with Crippen LogP contribution < -0.4 is 0 Å². The number of hydrogen-bond donors (Lipinski definition) is 2. The van der Waals surface area contributed by atoms with Crippen LogP contribution in [0.2, 0.25) is 0 Å². The number of aromatic amines is 1. The maximum atomic E-state index is 15.4. The zero-order valence-electron chi connectivity index (χ0n) is 16.1. The Balaban J connectivity index is 2.08. The van der Waals surface area contributed by atoms with Crippen LogP contribution in [0.25, 0.3) is 16.5 Å². The number of nitrogens with zero attached hydrogens (tertiary/aromatic N) is 1. The lowest BCUT2D eigenvalue weighted by molar-refractivity contribution is 0.0884. The van der Waals surface area contributed by atoms with Gasteiger partial charge in [0.05, 0.1) is 0 Å². The highest BCUT2D eigenvalue weighted by atomic mass is 19.1. The summed E-state index contributed by atoms with van der Waals surface area (Å²) in [4.78, 5) is 16.2. The minimum absolute atomic E-state index is 0.189. The quantitative estimate of drug-likeness (QED) is 0.733. The second-order valence-corrected chi connectivity index (χ2v) is 8.50. The third-order valence-corrected chi connectivity index (χ3v) is 5.35. The van der Waals surface area contributed by atoms with E-state index in [1.54, 1.807) is 6.07 Å². The third-order valence-electron chi connectivity index (χ3n) is 5.35. The molecule has 0 fully saturated rings. The van der Waals surface area contributed by atoms with Crippen LogP contribution in [-0.4, -0.2) is 33.7 Å². The smallest absolute Gasteiger partial charge is 0.407 e. The van der Waals surface area contributed by atoms with Crippen LogP contribution in [0.4, 0.5) is 9.18 Å². The number of halogens is 1. The summed E-state index contributed by atoms with van der Waals surface area (Å²) in [6.45, 7) is 10.5. The van der Waals surface area contributed by atoms with Crippen molar-refractivity contribution in [2.45, 2.75) is 53.0 Å². The number of H-pyrrole nitrogens is 1. The van der Waals surface area contributed by atoms with Gasteiger partial charge in [-0.1, -0.05) is 40.7 Å². The van der Waals surface area contributed by atoms with E-state index < -0.39 is 6.09 Å². The second-order valence-electron chi connectivity index (χ2n) is 8.50. The summed E-state index contributed by atoms with van der Waals surface area (Å²) in [5.41, 5.74) is 3.01. The number of aromatic nitrogens is 1. The first-order valence-corrected chi connectivity index (χ1v) is 9.09. The standard InChI is InChI=1S/C21H27FN2O2/c1-12(2)15-11-23-16-7-6-14(19(22)18(15)16)13-8-9-24(20(25)26)17(10-13)21(3,4)5/h6-8,11-12,17,23H,9-10H2,1-5H3,(H,25,26). The Hall–Kier alpha value is -2.30. The van der Waals surface area contributed by atoms with Crippen molar-refractivity contribution in [3.05, 3.63) is 41.3 Å². The van der Waals surface area contributed by atoms with Crippen molar-refractivity contribution in [2.75, 3.05) is 6.54 Å². The summed E-state index contributed by atoms with van der Waals surface area (Å²) < 4.78 is 15.4. The normalized spacial score (nSPS) is 18.5. The van der Waals surface area contributed by atoms with Crippen LogP contribution in [0.3, 0.4) is 0 Å². The van der Waals surface area contributed by atoms with E-state index in [-0.39, 0.29) is 29.7 Å². The number of hydrogen-bond acceptors (Lipinski definition) is 1. The molecule has 4 nitrogen and oxygen atoms in total. The van der Waals surface area contributed by atoms with Crippen LogP contribution >= 0.6 is 0 Å². The van der Waals surface area contributed by atoms with Gasteiger partial charge in [-0.25, -0.2) is 9.18 Å². The van der Waals surface area contributed by atoms with E-state index in [0.717, 1.165) is 16.7 Å². The van der Waals surface area contributed by atoms with E-state index >= 15 is 4.39 Å². The molecule has 0 radical (unpaired) electrons. The van der Waals surface area contributed by atoms with Gasteiger partial charge in [-0.15, -0.1) is 0 Å². The molecule has 1 amide bonds. The SMILES string of the molecule is CC(C)c1c[nH]c2ccc(C3=CCN(C(=O)O)C(C(C)(C)C)C3)c(F)c12. The Bertz CT molecular complexity index is 874. The number of fused-ring (bicyclic) bond motifs is 1. The highest BCUT2D eigenvalue weighted by molar-refractivity contribution is 5.88. The van der Waals surface area contributed by atoms with Crippen LogP contribution in [0.15, 0.2) is 24.4 Å². The summed E-state index contributed by atoms with van der Waals surface area (Å²) in [5.74, 6) is 0.00814. The number of benzene rings is 1. The molecule has 140 valence electrons. The van der Waals surface area contributed by atoms with E-state index in [9.17, 15) is 9.90 Å². The Kier molecular flexibility index (Phi) is 4.59. The molecule has 1 atom stereocenters. The Morgan fingerprint density at radius 3 is 2.62 bits per heavy atom. The topological polar surface area (TPSA) is 56.3 Å². The van der Waals surface area contributed by atoms with Gasteiger partial charge < -0.3 is 15.0 Å². The summed E-state index contributed by atoms with van der Waals surface area (Å²) >= 11 is 0.